The number of epoxide rings is 1. The van der Waals surface area contributed by atoms with Crippen LogP contribution in [0.15, 0.2) is 12.2 Å². The van der Waals surface area contributed by atoms with Gasteiger partial charge in [0.25, 0.3) is 5.79 Å². The molecule has 0 spiro atoms. The van der Waals surface area contributed by atoms with Crippen molar-refractivity contribution in [2.45, 2.75) is 38.3 Å². The van der Waals surface area contributed by atoms with E-state index < -0.39 is 23.5 Å². The van der Waals surface area contributed by atoms with Crippen LogP contribution in [0.2, 0.25) is 0 Å². The van der Waals surface area contributed by atoms with Crippen LogP contribution in [-0.4, -0.2) is 23.5 Å². The molecule has 86 valence electrons. The summed E-state index contributed by atoms with van der Waals surface area (Å²) in [6.07, 6.45) is -2.15. The minimum absolute atomic E-state index is 0.843. The number of hydrogen-bond acceptors (Lipinski definition) is 3. The summed E-state index contributed by atoms with van der Waals surface area (Å²) in [5.41, 5.74) is -2.41. The predicted octanol–water partition coefficient (Wildman–Crippen LogP) is 2.17. The molecule has 0 aliphatic carbocycles. The van der Waals surface area contributed by atoms with Gasteiger partial charge in [0, 0.05) is 13.0 Å². The standard InChI is InChI=1S/C9H11F3O3/c1-4-5-6(13)14-8(3)7(2,15-8)9(10,11)12/h4-5H,1-3H3. The smallest absolute Gasteiger partial charge is 0.423 e. The normalized spacial score (nSPS) is 35.6. The van der Waals surface area contributed by atoms with Gasteiger partial charge in [-0.3, -0.25) is 0 Å². The highest BCUT2D eigenvalue weighted by atomic mass is 19.4. The number of ether oxygens (including phenoxy) is 2. The molecule has 1 saturated heterocycles. The third-order valence-corrected chi connectivity index (χ3v) is 2.36. The molecule has 3 nitrogen and oxygen atoms in total. The molecule has 0 aromatic heterocycles. The fraction of sp³-hybridized carbons (Fsp3) is 0.667. The van der Waals surface area contributed by atoms with Gasteiger partial charge < -0.3 is 9.47 Å². The Kier molecular flexibility index (Phi) is 2.59. The van der Waals surface area contributed by atoms with E-state index in [1.54, 1.807) is 6.92 Å². The van der Waals surface area contributed by atoms with E-state index in [0.717, 1.165) is 19.9 Å². The minimum atomic E-state index is -4.56. The van der Waals surface area contributed by atoms with E-state index in [4.69, 9.17) is 0 Å². The van der Waals surface area contributed by atoms with Gasteiger partial charge in [0.1, 0.15) is 0 Å². The highest BCUT2D eigenvalue weighted by molar-refractivity contribution is 5.82. The molecule has 0 saturated carbocycles. The molecular weight excluding hydrogens is 213 g/mol. The van der Waals surface area contributed by atoms with E-state index in [1.165, 1.54) is 6.08 Å². The number of halogens is 3. The zero-order valence-corrected chi connectivity index (χ0v) is 8.51. The number of alkyl halides is 3. The van der Waals surface area contributed by atoms with E-state index in [1.807, 2.05) is 0 Å². The van der Waals surface area contributed by atoms with Gasteiger partial charge in [-0.2, -0.15) is 13.2 Å². The number of carbonyl (C=O) groups is 1. The van der Waals surface area contributed by atoms with Gasteiger partial charge in [0.15, 0.2) is 0 Å². The summed E-state index contributed by atoms with van der Waals surface area (Å²) in [6, 6.07) is 0. The fourth-order valence-corrected chi connectivity index (χ4v) is 1.16. The van der Waals surface area contributed by atoms with Crippen LogP contribution in [0.25, 0.3) is 0 Å². The molecule has 0 aromatic carbocycles. The second-order valence-electron chi connectivity index (χ2n) is 3.50. The topological polar surface area (TPSA) is 38.8 Å². The molecule has 0 aromatic rings. The Morgan fingerprint density at radius 1 is 1.40 bits per heavy atom. The maximum atomic E-state index is 12.4. The highest BCUT2D eigenvalue weighted by Gasteiger charge is 2.80. The first-order chi connectivity index (χ1) is 6.66. The lowest BCUT2D eigenvalue weighted by Gasteiger charge is -2.15. The molecule has 1 fully saturated rings. The second kappa shape index (κ2) is 3.23. The first-order valence-corrected chi connectivity index (χ1v) is 4.29. The SMILES string of the molecule is CC=CC(=O)OC1(C)OC1(C)C(F)(F)F. The second-order valence-corrected chi connectivity index (χ2v) is 3.50. The van der Waals surface area contributed by atoms with Crippen molar-refractivity contribution in [1.82, 2.24) is 0 Å². The fourth-order valence-electron chi connectivity index (χ4n) is 1.16. The van der Waals surface area contributed by atoms with Gasteiger partial charge in [-0.1, -0.05) is 6.08 Å². The van der Waals surface area contributed by atoms with Gasteiger partial charge in [0.05, 0.1) is 0 Å². The predicted molar refractivity (Wildman–Crippen MR) is 44.9 cm³/mol. The average molecular weight is 224 g/mol. The first-order valence-electron chi connectivity index (χ1n) is 4.29. The van der Waals surface area contributed by atoms with Crippen molar-refractivity contribution in [1.29, 1.82) is 0 Å². The van der Waals surface area contributed by atoms with Crippen molar-refractivity contribution in [2.24, 2.45) is 0 Å². The van der Waals surface area contributed by atoms with E-state index in [9.17, 15) is 18.0 Å². The Balaban J connectivity index is 2.71. The zero-order chi connectivity index (χ0) is 11.9. The molecule has 0 N–H and O–H groups in total. The van der Waals surface area contributed by atoms with Gasteiger partial charge in [-0.05, 0) is 13.8 Å². The summed E-state index contributed by atoms with van der Waals surface area (Å²) in [6.45, 7) is 3.48. The van der Waals surface area contributed by atoms with Crippen LogP contribution >= 0.6 is 0 Å². The lowest BCUT2D eigenvalue weighted by molar-refractivity contribution is -0.184. The summed E-state index contributed by atoms with van der Waals surface area (Å²) in [5, 5.41) is 0. The quantitative estimate of drug-likeness (QED) is 0.410. The van der Waals surface area contributed by atoms with Crippen LogP contribution in [0.5, 0.6) is 0 Å². The van der Waals surface area contributed by atoms with Crippen molar-refractivity contribution in [3.63, 3.8) is 0 Å². The number of allylic oxidation sites excluding steroid dienone is 1. The van der Waals surface area contributed by atoms with Crippen LogP contribution < -0.4 is 0 Å². The van der Waals surface area contributed by atoms with E-state index >= 15 is 0 Å². The molecule has 1 aliphatic rings. The van der Waals surface area contributed by atoms with Crippen LogP contribution in [-0.2, 0) is 14.3 Å². The molecule has 1 rings (SSSR count). The maximum Gasteiger partial charge on any atom is 0.423 e. The molecule has 1 aliphatic heterocycles. The Morgan fingerprint density at radius 3 is 2.27 bits per heavy atom. The number of rotatable bonds is 2. The van der Waals surface area contributed by atoms with Crippen LogP contribution in [0.4, 0.5) is 13.2 Å². The molecule has 0 radical (unpaired) electrons. The van der Waals surface area contributed by atoms with Crippen LogP contribution in [0.3, 0.4) is 0 Å². The van der Waals surface area contributed by atoms with Crippen molar-refractivity contribution in [3.05, 3.63) is 12.2 Å². The summed E-state index contributed by atoms with van der Waals surface area (Å²) in [5.74, 6) is -2.77. The summed E-state index contributed by atoms with van der Waals surface area (Å²) < 4.78 is 46.3. The van der Waals surface area contributed by atoms with Gasteiger partial charge in [-0.25, -0.2) is 4.79 Å². The largest absolute Gasteiger partial charge is 0.427 e. The lowest BCUT2D eigenvalue weighted by Crippen LogP contribution is -2.38. The van der Waals surface area contributed by atoms with Gasteiger partial charge >= 0.3 is 12.1 Å². The monoisotopic (exact) mass is 224 g/mol. The summed E-state index contributed by atoms with van der Waals surface area (Å²) in [7, 11) is 0. The highest BCUT2D eigenvalue weighted by Crippen LogP contribution is 2.57. The van der Waals surface area contributed by atoms with Crippen LogP contribution in [0, 0.1) is 0 Å². The Labute approximate surface area is 84.8 Å². The summed E-state index contributed by atoms with van der Waals surface area (Å²) in [4.78, 5) is 11.0. The molecule has 15 heavy (non-hydrogen) atoms. The molecular formula is C9H11F3O3. The Morgan fingerprint density at radius 2 is 1.93 bits per heavy atom. The van der Waals surface area contributed by atoms with Gasteiger partial charge in [0.2, 0.25) is 5.60 Å². The average Bonchev–Trinajstić information content (AvgIpc) is 2.53. The van der Waals surface area contributed by atoms with Crippen molar-refractivity contribution in [3.8, 4) is 0 Å². The third-order valence-electron chi connectivity index (χ3n) is 2.36. The zero-order valence-electron chi connectivity index (χ0n) is 8.51. The van der Waals surface area contributed by atoms with Gasteiger partial charge in [-0.15, -0.1) is 0 Å². The number of carbonyl (C=O) groups excluding carboxylic acids is 1. The van der Waals surface area contributed by atoms with E-state index in [0.29, 0.717) is 0 Å². The summed E-state index contributed by atoms with van der Waals surface area (Å²) >= 11 is 0. The molecule has 6 heteroatoms. The minimum Gasteiger partial charge on any atom is -0.427 e. The van der Waals surface area contributed by atoms with Crippen molar-refractivity contribution >= 4 is 5.97 Å². The maximum absolute atomic E-state index is 12.4. The molecule has 1 heterocycles. The van der Waals surface area contributed by atoms with Crippen LogP contribution in [0.1, 0.15) is 20.8 Å². The Bertz CT molecular complexity index is 310. The molecule has 0 bridgehead atoms. The number of esters is 1. The molecule has 2 unspecified atom stereocenters. The van der Waals surface area contributed by atoms with E-state index in [-0.39, 0.29) is 0 Å². The molecule has 0 amide bonds. The van der Waals surface area contributed by atoms with Crippen molar-refractivity contribution < 1.29 is 27.4 Å². The first kappa shape index (κ1) is 12.0. The number of hydrogen-bond donors (Lipinski definition) is 0. The lowest BCUT2D eigenvalue weighted by atomic mass is 10.1. The Hall–Kier alpha value is -1.04. The molecule has 2 atom stereocenters. The van der Waals surface area contributed by atoms with Crippen molar-refractivity contribution in [2.75, 3.05) is 0 Å². The van der Waals surface area contributed by atoms with E-state index in [2.05, 4.69) is 9.47 Å². The third kappa shape index (κ3) is 1.86.